The molecule has 2 aromatic carbocycles. The molecule has 90 valence electrons. The van der Waals surface area contributed by atoms with Crippen LogP contribution in [0, 0.1) is 0 Å². The van der Waals surface area contributed by atoms with Crippen LogP contribution in [0.3, 0.4) is 0 Å². The predicted molar refractivity (Wildman–Crippen MR) is 80.7 cm³/mol. The Labute approximate surface area is 120 Å². The largest absolute Gasteiger partial charge is 0.236 e. The summed E-state index contributed by atoms with van der Waals surface area (Å²) >= 11 is 2.26. The van der Waals surface area contributed by atoms with Gasteiger partial charge in [0.25, 0.3) is 0 Å². The van der Waals surface area contributed by atoms with Crippen molar-refractivity contribution < 1.29 is 4.79 Å². The van der Waals surface area contributed by atoms with Gasteiger partial charge in [0.15, 0.2) is 0 Å². The highest BCUT2D eigenvalue weighted by Gasteiger charge is 2.32. The highest BCUT2D eigenvalue weighted by Crippen LogP contribution is 2.35. The van der Waals surface area contributed by atoms with Crippen LogP contribution >= 0.6 is 22.6 Å². The second-order valence-electron chi connectivity index (χ2n) is 3.93. The van der Waals surface area contributed by atoms with Gasteiger partial charge < -0.3 is 0 Å². The van der Waals surface area contributed by atoms with E-state index in [1.54, 1.807) is 6.08 Å². The summed E-state index contributed by atoms with van der Waals surface area (Å²) < 4.78 is 0.689. The van der Waals surface area contributed by atoms with Crippen molar-refractivity contribution in [2.75, 3.05) is 4.43 Å². The van der Waals surface area contributed by atoms with Crippen molar-refractivity contribution in [2.45, 2.75) is 5.54 Å². The number of alkyl halides is 1. The number of hydrogen-bond donors (Lipinski definition) is 0. The average molecular weight is 349 g/mol. The molecule has 0 atom stereocenters. The van der Waals surface area contributed by atoms with Crippen molar-refractivity contribution in [3.8, 4) is 0 Å². The molecule has 0 bridgehead atoms. The number of isocyanates is 1. The molecule has 2 aromatic rings. The zero-order chi connectivity index (χ0) is 12.8. The van der Waals surface area contributed by atoms with E-state index < -0.39 is 5.54 Å². The molecule has 0 saturated carbocycles. The summed E-state index contributed by atoms with van der Waals surface area (Å²) in [5, 5.41) is 0. The van der Waals surface area contributed by atoms with E-state index in [0.29, 0.717) is 4.43 Å². The minimum absolute atomic E-state index is 0.634. The lowest BCUT2D eigenvalue weighted by atomic mass is 9.85. The molecule has 0 amide bonds. The summed E-state index contributed by atoms with van der Waals surface area (Å²) in [6.07, 6.45) is 1.73. The Balaban J connectivity index is 2.65. The predicted octanol–water partition coefficient (Wildman–Crippen LogP) is 3.70. The van der Waals surface area contributed by atoms with E-state index in [1.807, 2.05) is 60.7 Å². The molecule has 0 unspecified atom stereocenters. The number of halogens is 1. The minimum atomic E-state index is -0.634. The van der Waals surface area contributed by atoms with Crippen LogP contribution in [-0.4, -0.2) is 10.5 Å². The van der Waals surface area contributed by atoms with Gasteiger partial charge in [-0.15, -0.1) is 0 Å². The van der Waals surface area contributed by atoms with E-state index in [-0.39, 0.29) is 0 Å². The summed E-state index contributed by atoms with van der Waals surface area (Å²) in [7, 11) is 0. The summed E-state index contributed by atoms with van der Waals surface area (Å²) in [4.78, 5) is 14.9. The summed E-state index contributed by atoms with van der Waals surface area (Å²) in [6.45, 7) is 0. The number of aliphatic imine (C=N–C) groups is 1. The molecule has 18 heavy (non-hydrogen) atoms. The molecule has 2 rings (SSSR count). The topological polar surface area (TPSA) is 29.4 Å². The highest BCUT2D eigenvalue weighted by atomic mass is 127. The molecule has 0 spiro atoms. The second kappa shape index (κ2) is 5.94. The van der Waals surface area contributed by atoms with Gasteiger partial charge in [-0.1, -0.05) is 83.3 Å². The van der Waals surface area contributed by atoms with E-state index in [1.165, 1.54) is 0 Å². The normalized spacial score (nSPS) is 10.7. The summed E-state index contributed by atoms with van der Waals surface area (Å²) in [6, 6.07) is 19.7. The monoisotopic (exact) mass is 349 g/mol. The molecular formula is C15H12INO. The van der Waals surface area contributed by atoms with Gasteiger partial charge in [-0.3, -0.25) is 0 Å². The Morgan fingerprint density at radius 2 is 1.39 bits per heavy atom. The maximum atomic E-state index is 10.8. The smallest absolute Gasteiger partial charge is 0.211 e. The van der Waals surface area contributed by atoms with Gasteiger partial charge in [0.1, 0.15) is 5.54 Å². The lowest BCUT2D eigenvalue weighted by Crippen LogP contribution is -2.27. The Morgan fingerprint density at radius 1 is 0.944 bits per heavy atom. The van der Waals surface area contributed by atoms with Crippen molar-refractivity contribution >= 4 is 28.7 Å². The average Bonchev–Trinajstić information content (AvgIpc) is 2.47. The fourth-order valence-electron chi connectivity index (χ4n) is 1.99. The third-order valence-corrected chi connectivity index (χ3v) is 4.04. The number of nitrogens with zero attached hydrogens (tertiary/aromatic N) is 1. The van der Waals surface area contributed by atoms with E-state index in [2.05, 4.69) is 27.6 Å². The van der Waals surface area contributed by atoms with Gasteiger partial charge in [0.05, 0.1) is 0 Å². The molecule has 3 heteroatoms. The first-order valence-corrected chi connectivity index (χ1v) is 7.12. The Morgan fingerprint density at radius 3 is 1.72 bits per heavy atom. The molecule has 0 N–H and O–H groups in total. The third-order valence-electron chi connectivity index (χ3n) is 2.93. The van der Waals surface area contributed by atoms with Crippen LogP contribution in [0.15, 0.2) is 65.7 Å². The molecule has 0 aromatic heterocycles. The van der Waals surface area contributed by atoms with Gasteiger partial charge in [0.2, 0.25) is 6.08 Å². The lowest BCUT2D eigenvalue weighted by molar-refractivity contribution is 0.545. The first-order chi connectivity index (χ1) is 8.83. The maximum Gasteiger partial charge on any atom is 0.236 e. The quantitative estimate of drug-likeness (QED) is 0.358. The zero-order valence-electron chi connectivity index (χ0n) is 9.71. The molecule has 0 heterocycles. The third kappa shape index (κ3) is 2.37. The van der Waals surface area contributed by atoms with Crippen LogP contribution in [0.4, 0.5) is 0 Å². The van der Waals surface area contributed by atoms with Crippen molar-refractivity contribution in [1.29, 1.82) is 0 Å². The van der Waals surface area contributed by atoms with Crippen molar-refractivity contribution in [1.82, 2.24) is 0 Å². The summed E-state index contributed by atoms with van der Waals surface area (Å²) in [5.74, 6) is 0. The number of benzene rings is 2. The van der Waals surface area contributed by atoms with Crippen LogP contribution in [0.25, 0.3) is 0 Å². The lowest BCUT2D eigenvalue weighted by Gasteiger charge is -2.27. The molecule has 0 radical (unpaired) electrons. The van der Waals surface area contributed by atoms with E-state index in [9.17, 15) is 4.79 Å². The number of rotatable bonds is 4. The first kappa shape index (κ1) is 13.0. The van der Waals surface area contributed by atoms with Gasteiger partial charge in [0, 0.05) is 4.43 Å². The molecule has 2 nitrogen and oxygen atoms in total. The fraction of sp³-hybridized carbons (Fsp3) is 0.133. The zero-order valence-corrected chi connectivity index (χ0v) is 11.9. The molecule has 0 fully saturated rings. The van der Waals surface area contributed by atoms with Crippen molar-refractivity contribution in [3.63, 3.8) is 0 Å². The summed E-state index contributed by atoms with van der Waals surface area (Å²) in [5.41, 5.74) is 1.38. The molecule has 0 saturated heterocycles. The van der Waals surface area contributed by atoms with Gasteiger partial charge in [-0.25, -0.2) is 4.79 Å². The van der Waals surface area contributed by atoms with Gasteiger partial charge in [-0.05, 0) is 11.1 Å². The molecule has 0 aliphatic heterocycles. The number of hydrogen-bond acceptors (Lipinski definition) is 2. The van der Waals surface area contributed by atoms with Crippen LogP contribution in [-0.2, 0) is 10.3 Å². The molecule has 0 aliphatic carbocycles. The van der Waals surface area contributed by atoms with Crippen molar-refractivity contribution in [2.24, 2.45) is 4.99 Å². The second-order valence-corrected chi connectivity index (χ2v) is 4.69. The highest BCUT2D eigenvalue weighted by molar-refractivity contribution is 14.1. The van der Waals surface area contributed by atoms with Gasteiger partial charge in [-0.2, -0.15) is 4.99 Å². The van der Waals surface area contributed by atoms with E-state index in [0.717, 1.165) is 11.1 Å². The van der Waals surface area contributed by atoms with Crippen LogP contribution in [0.1, 0.15) is 11.1 Å². The van der Waals surface area contributed by atoms with E-state index >= 15 is 0 Å². The Bertz CT molecular complexity index is 508. The first-order valence-electron chi connectivity index (χ1n) is 5.59. The van der Waals surface area contributed by atoms with E-state index in [4.69, 9.17) is 0 Å². The standard InChI is InChI=1S/C15H12INO/c16-11-15(17-12-18,13-7-3-1-4-8-13)14-9-5-2-6-10-14/h1-10H,11H2. The Hall–Kier alpha value is -1.45. The minimum Gasteiger partial charge on any atom is -0.211 e. The van der Waals surface area contributed by atoms with Crippen molar-refractivity contribution in [3.05, 3.63) is 71.8 Å². The molecule has 0 aliphatic rings. The number of carbonyl (C=O) groups excluding carboxylic acids is 1. The maximum absolute atomic E-state index is 10.8. The fourth-order valence-corrected chi connectivity index (χ4v) is 3.04. The van der Waals surface area contributed by atoms with Gasteiger partial charge >= 0.3 is 0 Å². The Kier molecular flexibility index (Phi) is 4.28. The van der Waals surface area contributed by atoms with Crippen LogP contribution < -0.4 is 0 Å². The SMILES string of the molecule is O=C=NC(CI)(c1ccccc1)c1ccccc1. The molecular weight excluding hydrogens is 337 g/mol. The van der Waals surface area contributed by atoms with Crippen LogP contribution in [0.5, 0.6) is 0 Å². The van der Waals surface area contributed by atoms with Crippen LogP contribution in [0.2, 0.25) is 0 Å².